The number of benzene rings is 2. The second-order valence-electron chi connectivity index (χ2n) is 6.46. The summed E-state index contributed by atoms with van der Waals surface area (Å²) in [5, 5.41) is 2.87. The van der Waals surface area contributed by atoms with E-state index in [9.17, 15) is 9.18 Å². The number of likely N-dealkylation sites (N-methyl/N-ethyl adjacent to an activating group) is 1. The number of hydrogen-bond donors (Lipinski definition) is 1. The number of halogens is 1. The molecule has 1 amide bonds. The summed E-state index contributed by atoms with van der Waals surface area (Å²) in [6, 6.07) is 11.8. The van der Waals surface area contributed by atoms with Gasteiger partial charge in [0.25, 0.3) is 0 Å². The third-order valence-corrected chi connectivity index (χ3v) is 4.24. The molecule has 0 spiro atoms. The number of methoxy groups -OCH3 is 1. The van der Waals surface area contributed by atoms with E-state index in [0.717, 1.165) is 11.1 Å². The molecule has 2 aromatic rings. The lowest BCUT2D eigenvalue weighted by Gasteiger charge is -2.24. The van der Waals surface area contributed by atoms with Gasteiger partial charge in [0.1, 0.15) is 5.82 Å². The first-order chi connectivity index (χ1) is 13.4. The minimum atomic E-state index is -0.291. The Morgan fingerprint density at radius 2 is 2.00 bits per heavy atom. The molecular weight excluding hydrogens is 359 g/mol. The van der Waals surface area contributed by atoms with Gasteiger partial charge in [-0.05, 0) is 62.5 Å². The highest BCUT2D eigenvalue weighted by Crippen LogP contribution is 2.28. The molecule has 0 aliphatic carbocycles. The number of rotatable bonds is 9. The molecule has 0 fully saturated rings. The molecule has 1 N–H and O–H groups in total. The van der Waals surface area contributed by atoms with Crippen LogP contribution < -0.4 is 14.8 Å². The molecular formula is C22H27FN2O3. The molecule has 0 bridgehead atoms. The molecule has 0 aliphatic heterocycles. The lowest BCUT2D eigenvalue weighted by Crippen LogP contribution is -2.33. The predicted molar refractivity (Wildman–Crippen MR) is 109 cm³/mol. The van der Waals surface area contributed by atoms with Crippen LogP contribution in [0.4, 0.5) is 4.39 Å². The lowest BCUT2D eigenvalue weighted by atomic mass is 10.1. The summed E-state index contributed by atoms with van der Waals surface area (Å²) < 4.78 is 24.3. The van der Waals surface area contributed by atoms with Gasteiger partial charge in [-0.3, -0.25) is 4.79 Å². The number of nitrogens with zero attached hydrogens (tertiary/aromatic N) is 1. The van der Waals surface area contributed by atoms with E-state index in [0.29, 0.717) is 24.7 Å². The Balaban J connectivity index is 2.01. The Morgan fingerprint density at radius 1 is 1.21 bits per heavy atom. The van der Waals surface area contributed by atoms with Crippen LogP contribution in [0.3, 0.4) is 0 Å². The Bertz CT molecular complexity index is 821. The van der Waals surface area contributed by atoms with Gasteiger partial charge in [0.15, 0.2) is 11.5 Å². The van der Waals surface area contributed by atoms with Gasteiger partial charge in [0, 0.05) is 12.6 Å². The summed E-state index contributed by atoms with van der Waals surface area (Å²) in [6.07, 6.45) is 3.18. The van der Waals surface area contributed by atoms with Crippen LogP contribution in [0, 0.1) is 5.82 Å². The van der Waals surface area contributed by atoms with Crippen LogP contribution in [0.5, 0.6) is 11.5 Å². The van der Waals surface area contributed by atoms with Crippen molar-refractivity contribution < 1.29 is 18.7 Å². The minimum Gasteiger partial charge on any atom is -0.493 e. The van der Waals surface area contributed by atoms with E-state index in [1.54, 1.807) is 25.3 Å². The normalized spacial score (nSPS) is 12.2. The van der Waals surface area contributed by atoms with Gasteiger partial charge in [-0.15, -0.1) is 0 Å². The zero-order chi connectivity index (χ0) is 20.5. The van der Waals surface area contributed by atoms with Crippen molar-refractivity contribution in [2.24, 2.45) is 0 Å². The maximum atomic E-state index is 13.5. The largest absolute Gasteiger partial charge is 0.493 e. The van der Waals surface area contributed by atoms with Crippen molar-refractivity contribution in [3.63, 3.8) is 0 Å². The van der Waals surface area contributed by atoms with Crippen LogP contribution in [0.1, 0.15) is 24.1 Å². The Hall–Kier alpha value is -2.86. The molecule has 0 heterocycles. The first-order valence-electron chi connectivity index (χ1n) is 9.13. The van der Waals surface area contributed by atoms with Gasteiger partial charge in [-0.2, -0.15) is 0 Å². The first kappa shape index (κ1) is 21.4. The summed E-state index contributed by atoms with van der Waals surface area (Å²) in [5.74, 6) is 0.760. The maximum absolute atomic E-state index is 13.5. The number of ether oxygens (including phenoxy) is 2. The van der Waals surface area contributed by atoms with Crippen molar-refractivity contribution >= 4 is 12.0 Å². The number of carbonyl (C=O) groups excluding carboxylic acids is 1. The van der Waals surface area contributed by atoms with E-state index >= 15 is 0 Å². The molecule has 2 rings (SSSR count). The predicted octanol–water partition coefficient (Wildman–Crippen LogP) is 3.67. The first-order valence-corrected chi connectivity index (χ1v) is 9.13. The third-order valence-electron chi connectivity index (χ3n) is 4.24. The van der Waals surface area contributed by atoms with Crippen molar-refractivity contribution in [3.05, 3.63) is 65.5 Å². The van der Waals surface area contributed by atoms with Crippen LogP contribution in [-0.2, 0) is 4.79 Å². The summed E-state index contributed by atoms with van der Waals surface area (Å²) in [5.41, 5.74) is 1.64. The summed E-state index contributed by atoms with van der Waals surface area (Å²) >= 11 is 0. The van der Waals surface area contributed by atoms with Gasteiger partial charge >= 0.3 is 0 Å². The SMILES string of the molecule is CCOc1cc(/C=C/C(=O)NCC(c2cccc(F)c2)N(C)C)ccc1OC. The van der Waals surface area contributed by atoms with E-state index in [4.69, 9.17) is 9.47 Å². The lowest BCUT2D eigenvalue weighted by molar-refractivity contribution is -0.116. The summed E-state index contributed by atoms with van der Waals surface area (Å²) in [4.78, 5) is 14.2. The standard InChI is InChI=1S/C22H27FN2O3/c1-5-28-21-13-16(9-11-20(21)27-4)10-12-22(26)24-15-19(25(2)3)17-7-6-8-18(23)14-17/h6-14,19H,5,15H2,1-4H3,(H,24,26)/b12-10+. The molecule has 150 valence electrons. The molecule has 0 aliphatic rings. The molecule has 0 saturated heterocycles. The topological polar surface area (TPSA) is 50.8 Å². The smallest absolute Gasteiger partial charge is 0.244 e. The zero-order valence-electron chi connectivity index (χ0n) is 16.7. The number of nitrogens with one attached hydrogen (secondary N) is 1. The molecule has 6 heteroatoms. The Kier molecular flexibility index (Phi) is 8.02. The fourth-order valence-corrected chi connectivity index (χ4v) is 2.81. The van der Waals surface area contributed by atoms with Gasteiger partial charge in [0.05, 0.1) is 19.8 Å². The number of amides is 1. The molecule has 0 aromatic heterocycles. The molecule has 28 heavy (non-hydrogen) atoms. The second kappa shape index (κ2) is 10.5. The van der Waals surface area contributed by atoms with Crippen molar-refractivity contribution in [2.45, 2.75) is 13.0 Å². The Morgan fingerprint density at radius 3 is 2.64 bits per heavy atom. The minimum absolute atomic E-state index is 0.126. The highest BCUT2D eigenvalue weighted by atomic mass is 19.1. The van der Waals surface area contributed by atoms with E-state index in [1.807, 2.05) is 44.1 Å². The van der Waals surface area contributed by atoms with Crippen LogP contribution in [0.15, 0.2) is 48.5 Å². The third kappa shape index (κ3) is 6.09. The van der Waals surface area contributed by atoms with E-state index in [2.05, 4.69) is 5.32 Å². The van der Waals surface area contributed by atoms with Crippen molar-refractivity contribution in [1.82, 2.24) is 10.2 Å². The quantitative estimate of drug-likeness (QED) is 0.668. The molecule has 0 radical (unpaired) electrons. The van der Waals surface area contributed by atoms with Gasteiger partial charge in [0.2, 0.25) is 5.91 Å². The van der Waals surface area contributed by atoms with E-state index in [1.165, 1.54) is 18.2 Å². The number of carbonyl (C=O) groups is 1. The van der Waals surface area contributed by atoms with Crippen molar-refractivity contribution in [3.8, 4) is 11.5 Å². The fourth-order valence-electron chi connectivity index (χ4n) is 2.81. The summed E-state index contributed by atoms with van der Waals surface area (Å²) in [7, 11) is 5.37. The van der Waals surface area contributed by atoms with Gasteiger partial charge < -0.3 is 19.7 Å². The average Bonchev–Trinajstić information content (AvgIpc) is 2.67. The Labute approximate surface area is 165 Å². The van der Waals surface area contributed by atoms with E-state index < -0.39 is 0 Å². The molecule has 2 aromatic carbocycles. The monoisotopic (exact) mass is 386 g/mol. The van der Waals surface area contributed by atoms with Crippen molar-refractivity contribution in [2.75, 3.05) is 34.4 Å². The van der Waals surface area contributed by atoms with Crippen LogP contribution >= 0.6 is 0 Å². The molecule has 1 atom stereocenters. The van der Waals surface area contributed by atoms with Crippen molar-refractivity contribution in [1.29, 1.82) is 0 Å². The zero-order valence-corrected chi connectivity index (χ0v) is 16.7. The van der Waals surface area contributed by atoms with Crippen LogP contribution in [0.2, 0.25) is 0 Å². The van der Waals surface area contributed by atoms with Gasteiger partial charge in [-0.25, -0.2) is 4.39 Å². The highest BCUT2D eigenvalue weighted by Gasteiger charge is 2.15. The molecule has 5 nitrogen and oxygen atoms in total. The van der Waals surface area contributed by atoms with Gasteiger partial charge in [-0.1, -0.05) is 18.2 Å². The second-order valence-corrected chi connectivity index (χ2v) is 6.46. The fraction of sp³-hybridized carbons (Fsp3) is 0.318. The summed E-state index contributed by atoms with van der Waals surface area (Å²) in [6.45, 7) is 2.79. The van der Waals surface area contributed by atoms with Crippen LogP contribution in [0.25, 0.3) is 6.08 Å². The highest BCUT2D eigenvalue weighted by molar-refractivity contribution is 5.91. The maximum Gasteiger partial charge on any atom is 0.244 e. The van der Waals surface area contributed by atoms with Crippen LogP contribution in [-0.4, -0.2) is 45.2 Å². The molecule has 0 saturated carbocycles. The number of hydrogen-bond acceptors (Lipinski definition) is 4. The molecule has 1 unspecified atom stereocenters. The van der Waals surface area contributed by atoms with E-state index in [-0.39, 0.29) is 17.8 Å². The average molecular weight is 386 g/mol.